The lowest BCUT2D eigenvalue weighted by atomic mass is 9.72. The Morgan fingerprint density at radius 2 is 1.82 bits per heavy atom. The molecule has 28 heavy (non-hydrogen) atoms. The summed E-state index contributed by atoms with van der Waals surface area (Å²) in [6.45, 7) is 12.0. The summed E-state index contributed by atoms with van der Waals surface area (Å²) in [5, 5.41) is 12.6. The largest absolute Gasteiger partial charge is 0.508 e. The number of phenols is 1. The van der Waals surface area contributed by atoms with E-state index in [0.717, 1.165) is 12.2 Å². The van der Waals surface area contributed by atoms with E-state index in [-0.39, 0.29) is 5.75 Å². The van der Waals surface area contributed by atoms with Gasteiger partial charge >= 0.3 is 0 Å². The molecule has 0 aromatic heterocycles. The molecular formula is C26H35NO. The van der Waals surface area contributed by atoms with Crippen molar-refractivity contribution < 1.29 is 5.11 Å². The molecule has 0 saturated carbocycles. The Morgan fingerprint density at radius 3 is 2.50 bits per heavy atom. The molecule has 2 nitrogen and oxygen atoms in total. The molecular weight excluding hydrogens is 342 g/mol. The van der Waals surface area contributed by atoms with Crippen LogP contribution in [-0.4, -0.2) is 11.7 Å². The Hall–Kier alpha value is -2.48. The molecule has 2 N–H and O–H groups in total. The van der Waals surface area contributed by atoms with E-state index in [1.165, 1.54) is 41.6 Å². The third kappa shape index (κ3) is 6.92. The maximum absolute atomic E-state index is 9.30. The van der Waals surface area contributed by atoms with E-state index in [1.807, 2.05) is 12.1 Å². The molecule has 1 aliphatic carbocycles. The number of hydrogen-bond acceptors (Lipinski definition) is 2. The average Bonchev–Trinajstić information content (AvgIpc) is 2.62. The second kappa shape index (κ2) is 10.2. The number of rotatable bonds is 7. The fourth-order valence-electron chi connectivity index (χ4n) is 3.61. The Bertz CT molecular complexity index is 801. The monoisotopic (exact) mass is 377 g/mol. The van der Waals surface area contributed by atoms with Gasteiger partial charge in [-0.25, -0.2) is 0 Å². The first kappa shape index (κ1) is 21.8. The van der Waals surface area contributed by atoms with Crippen molar-refractivity contribution in [3.8, 4) is 5.75 Å². The predicted molar refractivity (Wildman–Crippen MR) is 123 cm³/mol. The zero-order valence-corrected chi connectivity index (χ0v) is 18.0. The SMILES string of the molecule is CC1=C(/C=C/C(C)=C/C=C/C(C)=C/CNc2ccc(O)cc2)C(C)(C)CCC1. The first-order valence-electron chi connectivity index (χ1n) is 10.2. The summed E-state index contributed by atoms with van der Waals surface area (Å²) in [6.07, 6.45) is 16.9. The molecule has 0 atom stereocenters. The van der Waals surface area contributed by atoms with Crippen molar-refractivity contribution in [3.05, 3.63) is 83.0 Å². The van der Waals surface area contributed by atoms with Gasteiger partial charge in [0.2, 0.25) is 0 Å². The third-order valence-corrected chi connectivity index (χ3v) is 5.37. The van der Waals surface area contributed by atoms with Gasteiger partial charge in [0, 0.05) is 12.2 Å². The minimum atomic E-state index is 0.287. The van der Waals surface area contributed by atoms with Crippen LogP contribution < -0.4 is 5.32 Å². The van der Waals surface area contributed by atoms with Gasteiger partial charge in [0.15, 0.2) is 0 Å². The fraction of sp³-hybridized carbons (Fsp3) is 0.385. The summed E-state index contributed by atoms with van der Waals surface area (Å²) < 4.78 is 0. The minimum absolute atomic E-state index is 0.287. The van der Waals surface area contributed by atoms with Crippen LogP contribution in [-0.2, 0) is 0 Å². The Labute approximate surface area is 171 Å². The Balaban J connectivity index is 1.88. The summed E-state index contributed by atoms with van der Waals surface area (Å²) in [5.41, 5.74) is 6.81. The minimum Gasteiger partial charge on any atom is -0.508 e. The van der Waals surface area contributed by atoms with Gasteiger partial charge in [-0.1, -0.05) is 67.0 Å². The molecule has 0 saturated heterocycles. The van der Waals surface area contributed by atoms with Gasteiger partial charge in [0.25, 0.3) is 0 Å². The highest BCUT2D eigenvalue weighted by Crippen LogP contribution is 2.40. The maximum atomic E-state index is 9.30. The lowest BCUT2D eigenvalue weighted by Crippen LogP contribution is -2.19. The van der Waals surface area contributed by atoms with Gasteiger partial charge in [-0.3, -0.25) is 0 Å². The summed E-state index contributed by atoms with van der Waals surface area (Å²) in [4.78, 5) is 0. The van der Waals surface area contributed by atoms with Crippen molar-refractivity contribution in [1.29, 1.82) is 0 Å². The first-order valence-corrected chi connectivity index (χ1v) is 10.2. The van der Waals surface area contributed by atoms with E-state index in [0.29, 0.717) is 5.41 Å². The molecule has 0 unspecified atom stereocenters. The van der Waals surface area contributed by atoms with Crippen LogP contribution in [0.5, 0.6) is 5.75 Å². The number of anilines is 1. The second-order valence-electron chi connectivity index (χ2n) is 8.41. The van der Waals surface area contributed by atoms with Gasteiger partial charge in [0.05, 0.1) is 0 Å². The van der Waals surface area contributed by atoms with Gasteiger partial charge < -0.3 is 10.4 Å². The molecule has 0 spiro atoms. The van der Waals surface area contributed by atoms with Gasteiger partial charge in [-0.2, -0.15) is 0 Å². The molecule has 0 heterocycles. The van der Waals surface area contributed by atoms with Crippen LogP contribution in [0.1, 0.15) is 53.9 Å². The number of aromatic hydroxyl groups is 1. The van der Waals surface area contributed by atoms with Crippen LogP contribution >= 0.6 is 0 Å². The van der Waals surface area contributed by atoms with Gasteiger partial charge in [0.1, 0.15) is 5.75 Å². The van der Waals surface area contributed by atoms with Crippen LogP contribution in [0.25, 0.3) is 0 Å². The normalized spacial score (nSPS) is 18.3. The van der Waals surface area contributed by atoms with Crippen LogP contribution in [0, 0.1) is 5.41 Å². The van der Waals surface area contributed by atoms with Crippen molar-refractivity contribution in [2.75, 3.05) is 11.9 Å². The van der Waals surface area contributed by atoms with Crippen LogP contribution in [0.3, 0.4) is 0 Å². The molecule has 1 aromatic rings. The van der Waals surface area contributed by atoms with Gasteiger partial charge in [-0.15, -0.1) is 0 Å². The van der Waals surface area contributed by atoms with Crippen molar-refractivity contribution in [2.24, 2.45) is 5.41 Å². The van der Waals surface area contributed by atoms with Crippen molar-refractivity contribution in [3.63, 3.8) is 0 Å². The number of hydrogen-bond donors (Lipinski definition) is 2. The van der Waals surface area contributed by atoms with Crippen LogP contribution in [0.4, 0.5) is 5.69 Å². The molecule has 0 aliphatic heterocycles. The molecule has 1 aliphatic rings. The number of benzene rings is 1. The molecule has 0 radical (unpaired) electrons. The van der Waals surface area contributed by atoms with Crippen molar-refractivity contribution in [1.82, 2.24) is 0 Å². The molecule has 0 fully saturated rings. The van der Waals surface area contributed by atoms with E-state index < -0.39 is 0 Å². The smallest absolute Gasteiger partial charge is 0.115 e. The van der Waals surface area contributed by atoms with Gasteiger partial charge in [-0.05, 0) is 75.3 Å². The molecule has 0 bridgehead atoms. The maximum Gasteiger partial charge on any atom is 0.115 e. The zero-order chi connectivity index (χ0) is 20.6. The van der Waals surface area contributed by atoms with Crippen LogP contribution in [0.15, 0.2) is 83.0 Å². The Kier molecular flexibility index (Phi) is 7.92. The summed E-state index contributed by atoms with van der Waals surface area (Å²) in [7, 11) is 0. The first-order chi connectivity index (χ1) is 13.3. The third-order valence-electron chi connectivity index (χ3n) is 5.37. The summed E-state index contributed by atoms with van der Waals surface area (Å²) in [6, 6.07) is 7.12. The van der Waals surface area contributed by atoms with Crippen LogP contribution in [0.2, 0.25) is 0 Å². The topological polar surface area (TPSA) is 32.3 Å². The average molecular weight is 378 g/mol. The predicted octanol–water partition coefficient (Wildman–Crippen LogP) is 7.34. The lowest BCUT2D eigenvalue weighted by Gasteiger charge is -2.32. The molecule has 1 aromatic carbocycles. The number of allylic oxidation sites excluding steroid dienone is 9. The molecule has 2 heteroatoms. The Morgan fingerprint density at radius 1 is 1.11 bits per heavy atom. The lowest BCUT2D eigenvalue weighted by molar-refractivity contribution is 0.377. The highest BCUT2D eigenvalue weighted by Gasteiger charge is 2.26. The van der Waals surface area contributed by atoms with Crippen molar-refractivity contribution in [2.45, 2.75) is 53.9 Å². The van der Waals surface area contributed by atoms with E-state index >= 15 is 0 Å². The highest BCUT2D eigenvalue weighted by molar-refractivity contribution is 5.46. The molecule has 150 valence electrons. The second-order valence-corrected chi connectivity index (χ2v) is 8.41. The summed E-state index contributed by atoms with van der Waals surface area (Å²) >= 11 is 0. The van der Waals surface area contributed by atoms with Crippen molar-refractivity contribution >= 4 is 5.69 Å². The standard InChI is InChI=1S/C26H35NO/c1-20(11-16-25-22(3)10-7-18-26(25,4)5)8-6-9-21(2)17-19-27-23-12-14-24(28)15-13-23/h6,8-9,11-17,27-28H,7,10,18-19H2,1-5H3/b9-6+,16-11+,20-8+,21-17+. The summed E-state index contributed by atoms with van der Waals surface area (Å²) in [5.74, 6) is 0.287. The molecule has 2 rings (SSSR count). The zero-order valence-electron chi connectivity index (χ0n) is 18.0. The van der Waals surface area contributed by atoms with E-state index in [9.17, 15) is 5.11 Å². The number of phenolic OH excluding ortho intramolecular Hbond substituents is 1. The van der Waals surface area contributed by atoms with E-state index in [4.69, 9.17) is 0 Å². The van der Waals surface area contributed by atoms with E-state index in [1.54, 1.807) is 12.1 Å². The fourth-order valence-corrected chi connectivity index (χ4v) is 3.61. The highest BCUT2D eigenvalue weighted by atomic mass is 16.3. The number of nitrogens with one attached hydrogen (secondary N) is 1. The quantitative estimate of drug-likeness (QED) is 0.385. The molecule has 0 amide bonds. The van der Waals surface area contributed by atoms with E-state index in [2.05, 4.69) is 76.4 Å².